The summed E-state index contributed by atoms with van der Waals surface area (Å²) in [6.07, 6.45) is 0. The highest BCUT2D eigenvalue weighted by Gasteiger charge is 2.22. The highest BCUT2D eigenvalue weighted by atomic mass is 32.2. The number of nitrogens with one attached hydrogen (secondary N) is 1. The maximum absolute atomic E-state index is 13.1. The maximum Gasteiger partial charge on any atom is 0.262 e. The molecule has 7 heteroatoms. The van der Waals surface area contributed by atoms with E-state index >= 15 is 0 Å². The molecule has 0 saturated heterocycles. The summed E-state index contributed by atoms with van der Waals surface area (Å²) < 4.78 is 36.7. The zero-order valence-electron chi connectivity index (χ0n) is 19.2. The summed E-state index contributed by atoms with van der Waals surface area (Å²) in [4.78, 5) is 0.278. The van der Waals surface area contributed by atoms with Gasteiger partial charge >= 0.3 is 0 Å². The molecule has 0 amide bonds. The van der Waals surface area contributed by atoms with Crippen LogP contribution in [0.25, 0.3) is 0 Å². The summed E-state index contributed by atoms with van der Waals surface area (Å²) in [5.41, 5.74) is 4.47. The van der Waals surface area contributed by atoms with Crippen LogP contribution >= 0.6 is 0 Å². The summed E-state index contributed by atoms with van der Waals surface area (Å²) in [5, 5.41) is 4.59. The summed E-state index contributed by atoms with van der Waals surface area (Å²) >= 11 is 0. The molecule has 1 N–H and O–H groups in total. The summed E-state index contributed by atoms with van der Waals surface area (Å²) in [6.45, 7) is 7.83. The van der Waals surface area contributed by atoms with Crippen molar-refractivity contribution < 1.29 is 13.2 Å². The van der Waals surface area contributed by atoms with Crippen molar-refractivity contribution in [1.82, 2.24) is 9.78 Å². The van der Waals surface area contributed by atoms with Crippen LogP contribution in [0.4, 0.5) is 5.69 Å². The zero-order valence-corrected chi connectivity index (χ0v) is 20.0. The van der Waals surface area contributed by atoms with Crippen molar-refractivity contribution in [3.8, 4) is 11.5 Å². The highest BCUT2D eigenvalue weighted by Crippen LogP contribution is 2.27. The average Bonchev–Trinajstić information content (AvgIpc) is 3.03. The lowest BCUT2D eigenvalue weighted by molar-refractivity contribution is 0.481. The smallest absolute Gasteiger partial charge is 0.262 e. The molecule has 33 heavy (non-hydrogen) atoms. The average molecular weight is 462 g/mol. The topological polar surface area (TPSA) is 73.2 Å². The molecule has 0 aliphatic rings. The fraction of sp³-hybridized carbons (Fsp3) is 0.192. The van der Waals surface area contributed by atoms with Gasteiger partial charge in [0.25, 0.3) is 10.0 Å². The van der Waals surface area contributed by atoms with E-state index in [0.717, 1.165) is 28.3 Å². The second-order valence-corrected chi connectivity index (χ2v) is 9.79. The van der Waals surface area contributed by atoms with Crippen LogP contribution in [0.2, 0.25) is 0 Å². The molecular weight excluding hydrogens is 434 g/mol. The van der Waals surface area contributed by atoms with Crippen molar-refractivity contribution in [2.45, 2.75) is 39.1 Å². The van der Waals surface area contributed by atoms with E-state index in [1.165, 1.54) is 0 Å². The number of hydrogen-bond donors (Lipinski definition) is 1. The minimum Gasteiger partial charge on any atom is -0.457 e. The zero-order chi connectivity index (χ0) is 23.6. The molecule has 0 spiro atoms. The van der Waals surface area contributed by atoms with Gasteiger partial charge in [-0.25, -0.2) is 8.42 Å². The fourth-order valence-electron chi connectivity index (χ4n) is 3.69. The van der Waals surface area contributed by atoms with E-state index in [-0.39, 0.29) is 4.90 Å². The number of nitrogens with zero attached hydrogens (tertiary/aromatic N) is 2. The van der Waals surface area contributed by atoms with Crippen LogP contribution in [0, 0.1) is 27.7 Å². The largest absolute Gasteiger partial charge is 0.457 e. The van der Waals surface area contributed by atoms with Gasteiger partial charge in [-0.05, 0) is 74.7 Å². The molecule has 1 heterocycles. The number of hydrogen-bond acceptors (Lipinski definition) is 4. The number of para-hydroxylation sites is 1. The predicted molar refractivity (Wildman–Crippen MR) is 130 cm³/mol. The van der Waals surface area contributed by atoms with E-state index in [0.29, 0.717) is 23.5 Å². The van der Waals surface area contributed by atoms with E-state index in [4.69, 9.17) is 4.74 Å². The maximum atomic E-state index is 13.1. The van der Waals surface area contributed by atoms with Gasteiger partial charge in [-0.2, -0.15) is 5.10 Å². The summed E-state index contributed by atoms with van der Waals surface area (Å²) in [5.74, 6) is 1.50. The first-order valence-electron chi connectivity index (χ1n) is 10.7. The fourth-order valence-corrected chi connectivity index (χ4v) is 5.20. The van der Waals surface area contributed by atoms with Gasteiger partial charge in [0.1, 0.15) is 11.5 Å². The number of sulfonamides is 1. The van der Waals surface area contributed by atoms with Gasteiger partial charge in [0.05, 0.1) is 28.5 Å². The monoisotopic (exact) mass is 461 g/mol. The normalized spacial score (nSPS) is 11.4. The second-order valence-electron chi connectivity index (χ2n) is 8.14. The number of rotatable bonds is 7. The summed E-state index contributed by atoms with van der Waals surface area (Å²) in [7, 11) is -3.74. The molecule has 0 atom stereocenters. The standard InChI is InChI=1S/C26H27N3O3S/c1-18-13-14-19(2)25(15-18)33(30,31)28-26-20(3)27-29(21(26)4)17-22-9-8-12-24(16-22)32-23-10-6-5-7-11-23/h5-16,28H,17H2,1-4H3. The van der Waals surface area contributed by atoms with Crippen molar-refractivity contribution in [1.29, 1.82) is 0 Å². The van der Waals surface area contributed by atoms with Crippen molar-refractivity contribution in [2.75, 3.05) is 4.72 Å². The van der Waals surface area contributed by atoms with Crippen LogP contribution in [0.15, 0.2) is 77.7 Å². The first-order chi connectivity index (χ1) is 15.7. The van der Waals surface area contributed by atoms with Crippen LogP contribution in [0.1, 0.15) is 28.1 Å². The molecule has 1 aromatic heterocycles. The van der Waals surface area contributed by atoms with E-state index in [2.05, 4.69) is 9.82 Å². The number of benzene rings is 3. The molecule has 0 aliphatic carbocycles. The molecule has 6 nitrogen and oxygen atoms in total. The van der Waals surface area contributed by atoms with Crippen molar-refractivity contribution in [3.05, 3.63) is 101 Å². The molecule has 0 radical (unpaired) electrons. The van der Waals surface area contributed by atoms with Crippen molar-refractivity contribution in [3.63, 3.8) is 0 Å². The Morgan fingerprint density at radius 2 is 1.61 bits per heavy atom. The third-order valence-corrected chi connectivity index (χ3v) is 6.95. The Hall–Kier alpha value is -3.58. The first-order valence-corrected chi connectivity index (χ1v) is 12.2. The first kappa shape index (κ1) is 22.6. The molecule has 0 saturated carbocycles. The van der Waals surface area contributed by atoms with Gasteiger partial charge < -0.3 is 4.74 Å². The number of anilines is 1. The van der Waals surface area contributed by atoms with Gasteiger partial charge in [-0.15, -0.1) is 0 Å². The molecule has 170 valence electrons. The van der Waals surface area contributed by atoms with Crippen LogP contribution < -0.4 is 9.46 Å². The Labute approximate surface area is 194 Å². The van der Waals surface area contributed by atoms with E-state index in [1.54, 1.807) is 24.6 Å². The molecule has 0 unspecified atom stereocenters. The highest BCUT2D eigenvalue weighted by molar-refractivity contribution is 7.92. The SMILES string of the molecule is Cc1ccc(C)c(S(=O)(=O)Nc2c(C)nn(Cc3cccc(Oc4ccccc4)c3)c2C)c1. The minimum atomic E-state index is -3.74. The molecule has 0 fully saturated rings. The molecule has 4 aromatic rings. The molecule has 3 aromatic carbocycles. The quantitative estimate of drug-likeness (QED) is 0.380. The Morgan fingerprint density at radius 3 is 2.36 bits per heavy atom. The van der Waals surface area contributed by atoms with Crippen LogP contribution in [0.5, 0.6) is 11.5 Å². The third kappa shape index (κ3) is 5.09. The van der Waals surface area contributed by atoms with Gasteiger partial charge in [-0.1, -0.05) is 42.5 Å². The molecule has 0 aliphatic heterocycles. The molecule has 4 rings (SSSR count). The lowest BCUT2D eigenvalue weighted by Gasteiger charge is -2.12. The Bertz CT molecular complexity index is 1390. The van der Waals surface area contributed by atoms with Gasteiger partial charge in [0, 0.05) is 0 Å². The van der Waals surface area contributed by atoms with Crippen LogP contribution in [-0.4, -0.2) is 18.2 Å². The molecular formula is C26H27N3O3S. The van der Waals surface area contributed by atoms with E-state index in [9.17, 15) is 8.42 Å². The Kier molecular flexibility index (Phi) is 6.24. The third-order valence-electron chi connectivity index (χ3n) is 5.46. The Morgan fingerprint density at radius 1 is 0.879 bits per heavy atom. The van der Waals surface area contributed by atoms with Crippen LogP contribution in [0.3, 0.4) is 0 Å². The van der Waals surface area contributed by atoms with Crippen molar-refractivity contribution >= 4 is 15.7 Å². The number of aryl methyl sites for hydroxylation is 3. The number of aromatic nitrogens is 2. The van der Waals surface area contributed by atoms with Crippen LogP contribution in [-0.2, 0) is 16.6 Å². The van der Waals surface area contributed by atoms with E-state index in [1.807, 2.05) is 80.6 Å². The second kappa shape index (κ2) is 9.11. The Balaban J connectivity index is 1.57. The lowest BCUT2D eigenvalue weighted by Crippen LogP contribution is -2.15. The lowest BCUT2D eigenvalue weighted by atomic mass is 10.2. The predicted octanol–water partition coefficient (Wildman–Crippen LogP) is 5.76. The van der Waals surface area contributed by atoms with Gasteiger partial charge in [0.15, 0.2) is 0 Å². The van der Waals surface area contributed by atoms with E-state index < -0.39 is 10.0 Å². The van der Waals surface area contributed by atoms with Gasteiger partial charge in [0.2, 0.25) is 0 Å². The summed E-state index contributed by atoms with van der Waals surface area (Å²) in [6, 6.07) is 22.8. The van der Waals surface area contributed by atoms with Crippen molar-refractivity contribution in [2.24, 2.45) is 0 Å². The molecule has 0 bridgehead atoms. The minimum absolute atomic E-state index is 0.278. The van der Waals surface area contributed by atoms with Gasteiger partial charge in [-0.3, -0.25) is 9.40 Å². The number of ether oxygens (including phenoxy) is 1.